The predicted octanol–water partition coefficient (Wildman–Crippen LogP) is 1.35. The van der Waals surface area contributed by atoms with Crippen molar-refractivity contribution in [3.8, 4) is 5.75 Å². The summed E-state index contributed by atoms with van der Waals surface area (Å²) in [4.78, 5) is 10.6. The highest BCUT2D eigenvalue weighted by molar-refractivity contribution is 7.89. The van der Waals surface area contributed by atoms with Gasteiger partial charge in [0.05, 0.1) is 11.5 Å². The van der Waals surface area contributed by atoms with Gasteiger partial charge in [0.2, 0.25) is 10.0 Å². The van der Waals surface area contributed by atoms with Gasteiger partial charge in [-0.2, -0.15) is 4.31 Å². The van der Waals surface area contributed by atoms with Gasteiger partial charge in [-0.3, -0.25) is 0 Å². The largest absolute Gasteiger partial charge is 0.508 e. The lowest BCUT2D eigenvalue weighted by atomic mass is 10.1. The van der Waals surface area contributed by atoms with E-state index in [1.807, 2.05) is 0 Å². The molecule has 2 N–H and O–H groups in total. The molecule has 1 saturated heterocycles. The molecular weight excluding hydrogens is 322 g/mol. The number of sulfonamides is 1. The molecule has 23 heavy (non-hydrogen) atoms. The Labute approximate surface area is 135 Å². The molecule has 128 valence electrons. The van der Waals surface area contributed by atoms with E-state index in [4.69, 9.17) is 9.84 Å². The van der Waals surface area contributed by atoms with Crippen LogP contribution in [0.5, 0.6) is 5.75 Å². The SMILES string of the molecule is Cc1ccc(S(=O)(=O)N2CCCCC2COCC(=O)O)cc1O. The minimum absolute atomic E-state index is 0.0331. The van der Waals surface area contributed by atoms with Crippen LogP contribution in [0.2, 0.25) is 0 Å². The van der Waals surface area contributed by atoms with Crippen molar-refractivity contribution >= 4 is 16.0 Å². The molecule has 1 aliphatic rings. The number of aliphatic carboxylic acids is 1. The number of aryl methyl sites for hydroxylation is 1. The van der Waals surface area contributed by atoms with E-state index in [2.05, 4.69) is 0 Å². The predicted molar refractivity (Wildman–Crippen MR) is 82.8 cm³/mol. The Hall–Kier alpha value is -1.64. The summed E-state index contributed by atoms with van der Waals surface area (Å²) in [6.45, 7) is 1.65. The van der Waals surface area contributed by atoms with Crippen molar-refractivity contribution in [3.05, 3.63) is 23.8 Å². The molecule has 0 aliphatic carbocycles. The number of hydrogen-bond donors (Lipinski definition) is 2. The Morgan fingerprint density at radius 2 is 2.13 bits per heavy atom. The van der Waals surface area contributed by atoms with Crippen LogP contribution in [0.15, 0.2) is 23.1 Å². The van der Waals surface area contributed by atoms with Gasteiger partial charge in [0.15, 0.2) is 0 Å². The summed E-state index contributed by atoms with van der Waals surface area (Å²) in [5, 5.41) is 18.4. The highest BCUT2D eigenvalue weighted by Gasteiger charge is 2.34. The van der Waals surface area contributed by atoms with E-state index in [0.717, 1.165) is 12.8 Å². The molecule has 1 aliphatic heterocycles. The second kappa shape index (κ2) is 7.29. The molecule has 7 nitrogen and oxygen atoms in total. The van der Waals surface area contributed by atoms with Crippen molar-refractivity contribution in [1.82, 2.24) is 4.31 Å². The summed E-state index contributed by atoms with van der Waals surface area (Å²) >= 11 is 0. The molecule has 1 aromatic rings. The lowest BCUT2D eigenvalue weighted by Crippen LogP contribution is -2.46. The molecular formula is C15H21NO6S. The molecule has 0 saturated carbocycles. The number of carbonyl (C=O) groups is 1. The van der Waals surface area contributed by atoms with Crippen LogP contribution in [-0.2, 0) is 19.6 Å². The molecule has 1 aromatic carbocycles. The average Bonchev–Trinajstić information content (AvgIpc) is 2.50. The number of nitrogens with zero attached hydrogens (tertiary/aromatic N) is 1. The monoisotopic (exact) mass is 343 g/mol. The van der Waals surface area contributed by atoms with Crippen LogP contribution in [0.25, 0.3) is 0 Å². The number of carboxylic acids is 1. The van der Waals surface area contributed by atoms with Crippen molar-refractivity contribution in [2.75, 3.05) is 19.8 Å². The zero-order valence-electron chi connectivity index (χ0n) is 12.9. The number of rotatable bonds is 6. The van der Waals surface area contributed by atoms with Gasteiger partial charge in [-0.05, 0) is 31.4 Å². The number of carboxylic acid groups (broad SMARTS) is 1. The smallest absolute Gasteiger partial charge is 0.329 e. The van der Waals surface area contributed by atoms with Crippen molar-refractivity contribution in [2.24, 2.45) is 0 Å². The van der Waals surface area contributed by atoms with Gasteiger partial charge < -0.3 is 14.9 Å². The van der Waals surface area contributed by atoms with Gasteiger partial charge in [-0.1, -0.05) is 12.5 Å². The normalized spacial score (nSPS) is 19.6. The van der Waals surface area contributed by atoms with Crippen LogP contribution in [0.4, 0.5) is 0 Å². The van der Waals surface area contributed by atoms with Crippen LogP contribution in [0.3, 0.4) is 0 Å². The fraction of sp³-hybridized carbons (Fsp3) is 0.533. The maximum absolute atomic E-state index is 12.8. The summed E-state index contributed by atoms with van der Waals surface area (Å²) < 4.78 is 32.0. The molecule has 0 amide bonds. The quantitative estimate of drug-likeness (QED) is 0.808. The number of phenols is 1. The van der Waals surface area contributed by atoms with E-state index in [9.17, 15) is 18.3 Å². The van der Waals surface area contributed by atoms with Crippen molar-refractivity contribution in [1.29, 1.82) is 0 Å². The standard InChI is InChI=1S/C15H21NO6S/c1-11-5-6-13(8-14(11)17)23(20,21)16-7-3-2-4-12(16)9-22-10-15(18)19/h5-6,8,12,17H,2-4,7,9-10H2,1H3,(H,18,19). The maximum atomic E-state index is 12.8. The minimum Gasteiger partial charge on any atom is -0.508 e. The molecule has 1 fully saturated rings. The first-order valence-corrected chi connectivity index (χ1v) is 8.87. The van der Waals surface area contributed by atoms with E-state index in [0.29, 0.717) is 18.5 Å². The van der Waals surface area contributed by atoms with E-state index in [-0.39, 0.29) is 17.3 Å². The molecule has 1 atom stereocenters. The van der Waals surface area contributed by atoms with Crippen LogP contribution >= 0.6 is 0 Å². The van der Waals surface area contributed by atoms with Crippen LogP contribution < -0.4 is 0 Å². The maximum Gasteiger partial charge on any atom is 0.329 e. The first-order chi connectivity index (χ1) is 10.8. The molecule has 8 heteroatoms. The number of ether oxygens (including phenoxy) is 1. The molecule has 1 unspecified atom stereocenters. The third-order valence-electron chi connectivity index (χ3n) is 3.90. The van der Waals surface area contributed by atoms with Gasteiger partial charge in [-0.15, -0.1) is 0 Å². The lowest BCUT2D eigenvalue weighted by molar-refractivity contribution is -0.142. The third kappa shape index (κ3) is 4.21. The molecule has 0 spiro atoms. The number of aromatic hydroxyl groups is 1. The average molecular weight is 343 g/mol. The molecule has 0 bridgehead atoms. The van der Waals surface area contributed by atoms with Gasteiger partial charge in [-0.25, -0.2) is 13.2 Å². The summed E-state index contributed by atoms with van der Waals surface area (Å²) in [6.07, 6.45) is 2.23. The Balaban J connectivity index is 2.20. The Bertz CT molecular complexity index is 673. The summed E-state index contributed by atoms with van der Waals surface area (Å²) in [5.41, 5.74) is 0.601. The fourth-order valence-electron chi connectivity index (χ4n) is 2.62. The molecule has 0 aromatic heterocycles. The number of benzene rings is 1. The van der Waals surface area contributed by atoms with Crippen LogP contribution in [0.1, 0.15) is 24.8 Å². The van der Waals surface area contributed by atoms with Gasteiger partial charge in [0.1, 0.15) is 12.4 Å². The van der Waals surface area contributed by atoms with E-state index < -0.39 is 28.6 Å². The van der Waals surface area contributed by atoms with Crippen molar-refractivity contribution in [2.45, 2.75) is 37.1 Å². The first kappa shape index (κ1) is 17.7. The lowest BCUT2D eigenvalue weighted by Gasteiger charge is -2.34. The highest BCUT2D eigenvalue weighted by atomic mass is 32.2. The second-order valence-electron chi connectivity index (χ2n) is 5.62. The second-order valence-corrected chi connectivity index (χ2v) is 7.51. The Morgan fingerprint density at radius 1 is 1.39 bits per heavy atom. The molecule has 1 heterocycles. The first-order valence-electron chi connectivity index (χ1n) is 7.43. The van der Waals surface area contributed by atoms with Crippen molar-refractivity contribution < 1.29 is 28.2 Å². The number of piperidine rings is 1. The minimum atomic E-state index is -3.76. The molecule has 2 rings (SSSR count). The van der Waals surface area contributed by atoms with Crippen LogP contribution in [0, 0.1) is 6.92 Å². The summed E-state index contributed by atoms with van der Waals surface area (Å²) in [6, 6.07) is 3.88. The number of hydrogen-bond acceptors (Lipinski definition) is 5. The Kier molecular flexibility index (Phi) is 5.61. The molecule has 0 radical (unpaired) electrons. The summed E-state index contributed by atoms with van der Waals surface area (Å²) in [7, 11) is -3.76. The Morgan fingerprint density at radius 3 is 2.78 bits per heavy atom. The topological polar surface area (TPSA) is 104 Å². The van der Waals surface area contributed by atoms with E-state index >= 15 is 0 Å². The third-order valence-corrected chi connectivity index (χ3v) is 5.84. The fourth-order valence-corrected chi connectivity index (χ4v) is 4.32. The van der Waals surface area contributed by atoms with Gasteiger partial charge in [0, 0.05) is 18.7 Å². The van der Waals surface area contributed by atoms with Gasteiger partial charge >= 0.3 is 5.97 Å². The van der Waals surface area contributed by atoms with Gasteiger partial charge in [0.25, 0.3) is 0 Å². The van der Waals surface area contributed by atoms with E-state index in [1.165, 1.54) is 16.4 Å². The van der Waals surface area contributed by atoms with Crippen LogP contribution in [-0.4, -0.2) is 54.7 Å². The van der Waals surface area contributed by atoms with E-state index in [1.54, 1.807) is 13.0 Å². The summed E-state index contributed by atoms with van der Waals surface area (Å²) in [5.74, 6) is -1.15. The highest BCUT2D eigenvalue weighted by Crippen LogP contribution is 2.28. The zero-order valence-corrected chi connectivity index (χ0v) is 13.8. The zero-order chi connectivity index (χ0) is 17.0. The number of phenolic OH excluding ortho intramolecular Hbond substituents is 1. The van der Waals surface area contributed by atoms with Crippen molar-refractivity contribution in [3.63, 3.8) is 0 Å².